The summed E-state index contributed by atoms with van der Waals surface area (Å²) >= 11 is 0. The van der Waals surface area contributed by atoms with Crippen LogP contribution in [0.3, 0.4) is 0 Å². The number of nitriles is 1. The smallest absolute Gasteiger partial charge is 0.387 e. The van der Waals surface area contributed by atoms with Crippen LogP contribution >= 0.6 is 0 Å². The fourth-order valence-corrected chi connectivity index (χ4v) is 1.63. The molecule has 0 aromatic heterocycles. The lowest BCUT2D eigenvalue weighted by molar-refractivity contribution is -0.0518. The lowest BCUT2D eigenvalue weighted by Gasteiger charge is -2.18. The first-order valence-electron chi connectivity index (χ1n) is 6.12. The zero-order chi connectivity index (χ0) is 15.2. The van der Waals surface area contributed by atoms with Crippen molar-refractivity contribution >= 4 is 0 Å². The Morgan fingerprint density at radius 1 is 1.40 bits per heavy atom. The van der Waals surface area contributed by atoms with Crippen LogP contribution < -0.4 is 14.8 Å². The van der Waals surface area contributed by atoms with Crippen molar-refractivity contribution in [2.24, 2.45) is 5.41 Å². The molecule has 0 aliphatic carbocycles. The standard InChI is InChI=1S/C14H18F2N2O2/c1-14(2,8-17)9-18-7-10-5-4-6-11(19-3)12(10)20-13(15)16/h4-6,13,18H,7,9H2,1-3H3. The van der Waals surface area contributed by atoms with Crippen molar-refractivity contribution in [3.63, 3.8) is 0 Å². The topological polar surface area (TPSA) is 54.3 Å². The number of nitrogens with one attached hydrogen (secondary N) is 1. The number of para-hydroxylation sites is 1. The molecule has 0 bridgehead atoms. The summed E-state index contributed by atoms with van der Waals surface area (Å²) in [6.07, 6.45) is 0. The van der Waals surface area contributed by atoms with Gasteiger partial charge < -0.3 is 14.8 Å². The van der Waals surface area contributed by atoms with Crippen LogP contribution in [0.4, 0.5) is 8.78 Å². The summed E-state index contributed by atoms with van der Waals surface area (Å²) in [6, 6.07) is 7.09. The molecular formula is C14H18F2N2O2. The number of hydrogen-bond donors (Lipinski definition) is 1. The SMILES string of the molecule is COc1cccc(CNCC(C)(C)C#N)c1OC(F)F. The van der Waals surface area contributed by atoms with E-state index in [0.29, 0.717) is 18.7 Å². The molecule has 4 nitrogen and oxygen atoms in total. The maximum atomic E-state index is 12.4. The van der Waals surface area contributed by atoms with E-state index in [1.807, 2.05) is 0 Å². The molecule has 0 atom stereocenters. The van der Waals surface area contributed by atoms with Crippen molar-refractivity contribution in [3.8, 4) is 17.6 Å². The van der Waals surface area contributed by atoms with Gasteiger partial charge in [0, 0.05) is 18.7 Å². The third-order valence-electron chi connectivity index (χ3n) is 2.67. The van der Waals surface area contributed by atoms with Gasteiger partial charge in [-0.15, -0.1) is 0 Å². The van der Waals surface area contributed by atoms with Gasteiger partial charge in [0.15, 0.2) is 11.5 Å². The third kappa shape index (κ3) is 4.67. The van der Waals surface area contributed by atoms with E-state index in [-0.39, 0.29) is 11.5 Å². The van der Waals surface area contributed by atoms with Crippen molar-refractivity contribution in [1.82, 2.24) is 5.32 Å². The Hall–Kier alpha value is -1.87. The lowest BCUT2D eigenvalue weighted by atomic mass is 9.96. The van der Waals surface area contributed by atoms with E-state index in [1.54, 1.807) is 32.0 Å². The van der Waals surface area contributed by atoms with E-state index in [1.165, 1.54) is 7.11 Å². The highest BCUT2D eigenvalue weighted by atomic mass is 19.3. The van der Waals surface area contributed by atoms with Crippen LogP contribution in [-0.4, -0.2) is 20.3 Å². The van der Waals surface area contributed by atoms with Crippen LogP contribution in [0.1, 0.15) is 19.4 Å². The van der Waals surface area contributed by atoms with Crippen molar-refractivity contribution in [3.05, 3.63) is 23.8 Å². The summed E-state index contributed by atoms with van der Waals surface area (Å²) in [5.41, 5.74) is 0.0289. The van der Waals surface area contributed by atoms with E-state index < -0.39 is 12.0 Å². The Morgan fingerprint density at radius 3 is 2.65 bits per heavy atom. The molecule has 110 valence electrons. The maximum Gasteiger partial charge on any atom is 0.387 e. The highest BCUT2D eigenvalue weighted by molar-refractivity contribution is 5.46. The normalized spacial score (nSPS) is 11.2. The summed E-state index contributed by atoms with van der Waals surface area (Å²) in [6.45, 7) is 1.42. The van der Waals surface area contributed by atoms with Gasteiger partial charge in [-0.25, -0.2) is 0 Å². The zero-order valence-electron chi connectivity index (χ0n) is 11.7. The Morgan fingerprint density at radius 2 is 2.10 bits per heavy atom. The monoisotopic (exact) mass is 284 g/mol. The molecule has 0 amide bonds. The van der Waals surface area contributed by atoms with Crippen LogP contribution in [0.25, 0.3) is 0 Å². The summed E-state index contributed by atoms with van der Waals surface area (Å²) in [4.78, 5) is 0. The van der Waals surface area contributed by atoms with Crippen LogP contribution in [0.15, 0.2) is 18.2 Å². The summed E-state index contributed by atoms with van der Waals surface area (Å²) in [5, 5.41) is 12.0. The highest BCUT2D eigenvalue weighted by Gasteiger charge is 2.18. The molecular weight excluding hydrogens is 266 g/mol. The van der Waals surface area contributed by atoms with Crippen LogP contribution in [0.2, 0.25) is 0 Å². The van der Waals surface area contributed by atoms with Gasteiger partial charge in [0.05, 0.1) is 18.6 Å². The van der Waals surface area contributed by atoms with E-state index in [4.69, 9.17) is 10.00 Å². The third-order valence-corrected chi connectivity index (χ3v) is 2.67. The molecule has 0 fully saturated rings. The molecule has 0 spiro atoms. The second kappa shape index (κ2) is 7.06. The Bertz CT molecular complexity index is 485. The summed E-state index contributed by atoms with van der Waals surface area (Å²) in [5.74, 6) is 0.274. The number of benzene rings is 1. The first-order valence-corrected chi connectivity index (χ1v) is 6.12. The van der Waals surface area contributed by atoms with Gasteiger partial charge in [0.2, 0.25) is 0 Å². The minimum absolute atomic E-state index is 0.0206. The summed E-state index contributed by atoms with van der Waals surface area (Å²) < 4.78 is 34.4. The van der Waals surface area contributed by atoms with Gasteiger partial charge in [0.25, 0.3) is 0 Å². The largest absolute Gasteiger partial charge is 0.493 e. The van der Waals surface area contributed by atoms with Gasteiger partial charge in [0.1, 0.15) is 0 Å². The minimum atomic E-state index is -2.92. The van der Waals surface area contributed by atoms with E-state index in [2.05, 4.69) is 16.1 Å². The number of ether oxygens (including phenoxy) is 2. The molecule has 1 rings (SSSR count). The molecule has 0 saturated carbocycles. The number of rotatable bonds is 7. The minimum Gasteiger partial charge on any atom is -0.493 e. The molecule has 1 aromatic carbocycles. The fraction of sp³-hybridized carbons (Fsp3) is 0.500. The zero-order valence-corrected chi connectivity index (χ0v) is 11.7. The van der Waals surface area contributed by atoms with Gasteiger partial charge in [-0.1, -0.05) is 12.1 Å². The van der Waals surface area contributed by atoms with Gasteiger partial charge in [-0.05, 0) is 19.9 Å². The molecule has 1 aromatic rings. The molecule has 0 saturated heterocycles. The fourth-order valence-electron chi connectivity index (χ4n) is 1.63. The molecule has 0 radical (unpaired) electrons. The van der Waals surface area contributed by atoms with Gasteiger partial charge >= 0.3 is 6.61 Å². The molecule has 0 aliphatic heterocycles. The number of alkyl halides is 2. The first-order chi connectivity index (χ1) is 9.39. The van der Waals surface area contributed by atoms with E-state index in [0.717, 1.165) is 0 Å². The predicted molar refractivity (Wildman–Crippen MR) is 70.7 cm³/mol. The predicted octanol–water partition coefficient (Wildman–Crippen LogP) is 2.94. The molecule has 20 heavy (non-hydrogen) atoms. The number of hydrogen-bond acceptors (Lipinski definition) is 4. The maximum absolute atomic E-state index is 12.4. The quantitative estimate of drug-likeness (QED) is 0.836. The molecule has 0 unspecified atom stereocenters. The highest BCUT2D eigenvalue weighted by Crippen LogP contribution is 2.32. The van der Waals surface area contributed by atoms with Crippen molar-refractivity contribution in [1.29, 1.82) is 5.26 Å². The van der Waals surface area contributed by atoms with Gasteiger partial charge in [-0.3, -0.25) is 0 Å². The average Bonchev–Trinajstić information content (AvgIpc) is 2.39. The molecule has 0 heterocycles. The number of methoxy groups -OCH3 is 1. The first kappa shape index (κ1) is 16.2. The number of nitrogens with zero attached hydrogens (tertiary/aromatic N) is 1. The molecule has 1 N–H and O–H groups in total. The second-order valence-corrected chi connectivity index (χ2v) is 4.93. The number of halogens is 2. The molecule has 0 aliphatic rings. The van der Waals surface area contributed by atoms with Crippen molar-refractivity contribution in [2.75, 3.05) is 13.7 Å². The second-order valence-electron chi connectivity index (χ2n) is 4.93. The molecule has 6 heteroatoms. The van der Waals surface area contributed by atoms with E-state index in [9.17, 15) is 8.78 Å². The summed E-state index contributed by atoms with van der Waals surface area (Å²) in [7, 11) is 1.39. The van der Waals surface area contributed by atoms with Crippen LogP contribution in [-0.2, 0) is 6.54 Å². The lowest BCUT2D eigenvalue weighted by Crippen LogP contribution is -2.28. The Balaban J connectivity index is 2.81. The van der Waals surface area contributed by atoms with E-state index >= 15 is 0 Å². The Kier molecular flexibility index (Phi) is 5.71. The average molecular weight is 284 g/mol. The Labute approximate surface area is 117 Å². The van der Waals surface area contributed by atoms with Crippen molar-refractivity contribution < 1.29 is 18.3 Å². The van der Waals surface area contributed by atoms with Gasteiger partial charge in [-0.2, -0.15) is 14.0 Å². The van der Waals surface area contributed by atoms with Crippen LogP contribution in [0.5, 0.6) is 11.5 Å². The van der Waals surface area contributed by atoms with Crippen LogP contribution in [0, 0.1) is 16.7 Å². The van der Waals surface area contributed by atoms with Crippen molar-refractivity contribution in [2.45, 2.75) is 27.0 Å².